The van der Waals surface area contributed by atoms with Crippen LogP contribution in [0.5, 0.6) is 0 Å². The second-order valence-corrected chi connectivity index (χ2v) is 6.51. The minimum Gasteiger partial charge on any atom is -0.465 e. The molecular formula is C14H21NO4S. The molecule has 0 saturated heterocycles. The second-order valence-electron chi connectivity index (χ2n) is 4.76. The van der Waals surface area contributed by atoms with E-state index in [1.54, 1.807) is 24.3 Å². The zero-order valence-electron chi connectivity index (χ0n) is 12.0. The first kappa shape index (κ1) is 16.7. The largest absolute Gasteiger partial charge is 0.465 e. The van der Waals surface area contributed by atoms with E-state index in [-0.39, 0.29) is 11.8 Å². The van der Waals surface area contributed by atoms with Gasteiger partial charge in [0.2, 0.25) is 10.0 Å². The van der Waals surface area contributed by atoms with Crippen LogP contribution in [-0.4, -0.2) is 27.5 Å². The van der Waals surface area contributed by atoms with Gasteiger partial charge < -0.3 is 4.74 Å². The number of rotatable bonds is 7. The predicted molar refractivity (Wildman–Crippen MR) is 77.9 cm³/mol. The summed E-state index contributed by atoms with van der Waals surface area (Å²) in [5, 5.41) is 0. The minimum atomic E-state index is -3.36. The van der Waals surface area contributed by atoms with Crippen molar-refractivity contribution < 1.29 is 17.9 Å². The molecule has 0 aliphatic heterocycles. The van der Waals surface area contributed by atoms with E-state index >= 15 is 0 Å². The highest BCUT2D eigenvalue weighted by Crippen LogP contribution is 2.10. The van der Waals surface area contributed by atoms with Crippen LogP contribution in [0.15, 0.2) is 24.3 Å². The molecule has 112 valence electrons. The fraction of sp³-hybridized carbons (Fsp3) is 0.500. The van der Waals surface area contributed by atoms with Gasteiger partial charge in [0.05, 0.1) is 18.4 Å². The smallest absolute Gasteiger partial charge is 0.337 e. The Kier molecular flexibility index (Phi) is 6.16. The third kappa shape index (κ3) is 5.30. The van der Waals surface area contributed by atoms with Crippen molar-refractivity contribution in [3.05, 3.63) is 35.4 Å². The monoisotopic (exact) mass is 299 g/mol. The summed E-state index contributed by atoms with van der Waals surface area (Å²) < 4.78 is 31.1. The van der Waals surface area contributed by atoms with Crippen LogP contribution in [0.2, 0.25) is 0 Å². The molecule has 0 radical (unpaired) electrons. The molecule has 0 aliphatic carbocycles. The molecule has 1 N–H and O–H groups in total. The van der Waals surface area contributed by atoms with Crippen LogP contribution in [0.1, 0.15) is 42.6 Å². The van der Waals surface area contributed by atoms with Crippen molar-refractivity contribution in [1.82, 2.24) is 4.72 Å². The third-order valence-corrected chi connectivity index (χ3v) is 4.31. The lowest BCUT2D eigenvalue weighted by Crippen LogP contribution is -2.33. The molecule has 1 aromatic carbocycles. The van der Waals surface area contributed by atoms with Crippen molar-refractivity contribution in [2.45, 2.75) is 38.5 Å². The van der Waals surface area contributed by atoms with Gasteiger partial charge in [-0.1, -0.05) is 25.5 Å². The average molecular weight is 299 g/mol. The molecule has 1 rings (SSSR count). The summed E-state index contributed by atoms with van der Waals surface area (Å²) in [6.45, 7) is 3.86. The third-order valence-electron chi connectivity index (χ3n) is 2.83. The molecule has 5 nitrogen and oxygen atoms in total. The molecule has 0 spiro atoms. The van der Waals surface area contributed by atoms with Crippen molar-refractivity contribution in [2.24, 2.45) is 0 Å². The number of esters is 1. The van der Waals surface area contributed by atoms with Crippen LogP contribution < -0.4 is 4.72 Å². The van der Waals surface area contributed by atoms with Crippen molar-refractivity contribution in [1.29, 1.82) is 0 Å². The van der Waals surface area contributed by atoms with Gasteiger partial charge in [-0.2, -0.15) is 0 Å². The fourth-order valence-corrected chi connectivity index (χ4v) is 3.36. The fourth-order valence-electron chi connectivity index (χ4n) is 1.91. The van der Waals surface area contributed by atoms with E-state index in [2.05, 4.69) is 9.46 Å². The van der Waals surface area contributed by atoms with Crippen LogP contribution in [0, 0.1) is 0 Å². The lowest BCUT2D eigenvalue weighted by atomic mass is 10.1. The molecular weight excluding hydrogens is 278 g/mol. The van der Waals surface area contributed by atoms with Gasteiger partial charge in [-0.3, -0.25) is 0 Å². The number of nitrogens with one attached hydrogen (secondary N) is 1. The van der Waals surface area contributed by atoms with Crippen molar-refractivity contribution in [2.75, 3.05) is 7.11 Å². The van der Waals surface area contributed by atoms with Crippen molar-refractivity contribution in [3.63, 3.8) is 0 Å². The molecule has 1 unspecified atom stereocenters. The molecule has 1 aromatic rings. The Morgan fingerprint density at radius 2 is 1.90 bits per heavy atom. The van der Waals surface area contributed by atoms with Gasteiger partial charge in [0, 0.05) is 6.04 Å². The summed E-state index contributed by atoms with van der Waals surface area (Å²) in [4.78, 5) is 11.3. The number of ether oxygens (including phenoxy) is 1. The van der Waals surface area contributed by atoms with Gasteiger partial charge >= 0.3 is 5.97 Å². The lowest BCUT2D eigenvalue weighted by Gasteiger charge is -2.13. The molecule has 1 atom stereocenters. The summed E-state index contributed by atoms with van der Waals surface area (Å²) in [6, 6.07) is 6.30. The highest BCUT2D eigenvalue weighted by Gasteiger charge is 2.15. The number of hydrogen-bond acceptors (Lipinski definition) is 4. The molecule has 0 bridgehead atoms. The Labute approximate surface area is 120 Å². The lowest BCUT2D eigenvalue weighted by molar-refractivity contribution is 0.0600. The van der Waals surface area contributed by atoms with Crippen LogP contribution in [0.3, 0.4) is 0 Å². The van der Waals surface area contributed by atoms with E-state index in [9.17, 15) is 13.2 Å². The van der Waals surface area contributed by atoms with Crippen molar-refractivity contribution in [3.8, 4) is 0 Å². The minimum absolute atomic E-state index is 0.0701. The van der Waals surface area contributed by atoms with E-state index < -0.39 is 16.0 Å². The summed E-state index contributed by atoms with van der Waals surface area (Å²) in [7, 11) is -2.06. The molecule has 0 fully saturated rings. The standard InChI is InChI=1S/C14H21NO4S/c1-4-5-11(2)15-20(17,18)10-12-6-8-13(9-7-12)14(16)19-3/h6-9,11,15H,4-5,10H2,1-3H3. The van der Waals surface area contributed by atoms with Crippen LogP contribution >= 0.6 is 0 Å². The predicted octanol–water partition coefficient (Wildman–Crippen LogP) is 2.08. The van der Waals surface area contributed by atoms with E-state index in [0.717, 1.165) is 12.8 Å². The number of sulfonamides is 1. The number of methoxy groups -OCH3 is 1. The Balaban J connectivity index is 2.70. The van der Waals surface area contributed by atoms with Crippen LogP contribution in [0.4, 0.5) is 0 Å². The number of carbonyl (C=O) groups is 1. The van der Waals surface area contributed by atoms with Crippen molar-refractivity contribution >= 4 is 16.0 Å². The summed E-state index contributed by atoms with van der Waals surface area (Å²) >= 11 is 0. The first-order valence-electron chi connectivity index (χ1n) is 6.55. The Morgan fingerprint density at radius 1 is 1.30 bits per heavy atom. The van der Waals surface area contributed by atoms with E-state index in [1.807, 2.05) is 13.8 Å². The number of carbonyl (C=O) groups excluding carboxylic acids is 1. The van der Waals surface area contributed by atoms with E-state index in [4.69, 9.17) is 0 Å². The van der Waals surface area contributed by atoms with Gasteiger partial charge in [-0.05, 0) is 31.0 Å². The van der Waals surface area contributed by atoms with Crippen LogP contribution in [-0.2, 0) is 20.5 Å². The highest BCUT2D eigenvalue weighted by molar-refractivity contribution is 7.88. The van der Waals surface area contributed by atoms with Gasteiger partial charge in [-0.15, -0.1) is 0 Å². The molecule has 0 aromatic heterocycles. The number of benzene rings is 1. The summed E-state index contributed by atoms with van der Waals surface area (Å²) in [6.07, 6.45) is 1.73. The topological polar surface area (TPSA) is 72.5 Å². The quantitative estimate of drug-likeness (QED) is 0.782. The molecule has 0 saturated carbocycles. The zero-order valence-corrected chi connectivity index (χ0v) is 12.9. The maximum Gasteiger partial charge on any atom is 0.337 e. The second kappa shape index (κ2) is 7.40. The molecule has 0 heterocycles. The zero-order chi connectivity index (χ0) is 15.2. The Bertz CT molecular complexity index is 537. The van der Waals surface area contributed by atoms with Crippen LogP contribution in [0.25, 0.3) is 0 Å². The Morgan fingerprint density at radius 3 is 2.40 bits per heavy atom. The molecule has 6 heteroatoms. The van der Waals surface area contributed by atoms with E-state index in [1.165, 1.54) is 7.11 Å². The van der Waals surface area contributed by atoms with Gasteiger partial charge in [0.1, 0.15) is 0 Å². The normalized spacial score (nSPS) is 12.9. The SMILES string of the molecule is CCCC(C)NS(=O)(=O)Cc1ccc(C(=O)OC)cc1. The molecule has 0 aliphatic rings. The first-order valence-corrected chi connectivity index (χ1v) is 8.20. The average Bonchev–Trinajstić information content (AvgIpc) is 2.37. The van der Waals surface area contributed by atoms with Gasteiger partial charge in [0.15, 0.2) is 0 Å². The summed E-state index contributed by atoms with van der Waals surface area (Å²) in [5.74, 6) is -0.531. The maximum atomic E-state index is 12.0. The maximum absolute atomic E-state index is 12.0. The summed E-state index contributed by atoms with van der Waals surface area (Å²) in [5.41, 5.74) is 1.04. The van der Waals surface area contributed by atoms with Gasteiger partial charge in [0.25, 0.3) is 0 Å². The van der Waals surface area contributed by atoms with Gasteiger partial charge in [-0.25, -0.2) is 17.9 Å². The molecule has 0 amide bonds. The Hall–Kier alpha value is -1.40. The number of hydrogen-bond donors (Lipinski definition) is 1. The highest BCUT2D eigenvalue weighted by atomic mass is 32.2. The first-order chi connectivity index (χ1) is 9.38. The molecule has 20 heavy (non-hydrogen) atoms. The van der Waals surface area contributed by atoms with E-state index in [0.29, 0.717) is 11.1 Å².